The molecule has 0 bridgehead atoms. The molecule has 2 aliphatic rings. The van der Waals surface area contributed by atoms with E-state index in [2.05, 4.69) is 16.0 Å². The van der Waals surface area contributed by atoms with Crippen LogP contribution in [0.5, 0.6) is 11.5 Å². The number of amides is 5. The summed E-state index contributed by atoms with van der Waals surface area (Å²) in [5, 5.41) is 7.34. The normalized spacial score (nSPS) is 20.4. The highest BCUT2D eigenvalue weighted by atomic mass is 16.7. The van der Waals surface area contributed by atoms with Gasteiger partial charge in [0.2, 0.25) is 18.6 Å². The lowest BCUT2D eigenvalue weighted by Gasteiger charge is -2.21. The van der Waals surface area contributed by atoms with E-state index < -0.39 is 29.9 Å². The number of imide groups is 1. The average Bonchev–Trinajstić information content (AvgIpc) is 3.17. The zero-order valence-electron chi connectivity index (χ0n) is 15.0. The molecular formula is C17H20N4O6. The van der Waals surface area contributed by atoms with E-state index in [9.17, 15) is 19.2 Å². The maximum atomic E-state index is 12.7. The van der Waals surface area contributed by atoms with Crippen LogP contribution in [0.25, 0.3) is 0 Å². The van der Waals surface area contributed by atoms with Crippen LogP contribution in [0.4, 0.5) is 4.79 Å². The van der Waals surface area contributed by atoms with Gasteiger partial charge >= 0.3 is 6.03 Å². The van der Waals surface area contributed by atoms with Gasteiger partial charge in [-0.05, 0) is 24.6 Å². The van der Waals surface area contributed by atoms with Gasteiger partial charge in [-0.2, -0.15) is 0 Å². The van der Waals surface area contributed by atoms with E-state index in [0.29, 0.717) is 11.5 Å². The first-order valence-corrected chi connectivity index (χ1v) is 8.32. The highest BCUT2D eigenvalue weighted by molar-refractivity contribution is 6.09. The molecule has 144 valence electrons. The van der Waals surface area contributed by atoms with E-state index in [1.165, 1.54) is 7.05 Å². The Kier molecular flexibility index (Phi) is 4.89. The number of rotatable bonds is 6. The Balaban J connectivity index is 1.65. The predicted molar refractivity (Wildman–Crippen MR) is 92.0 cm³/mol. The summed E-state index contributed by atoms with van der Waals surface area (Å²) in [7, 11) is 1.44. The Morgan fingerprint density at radius 1 is 1.22 bits per heavy atom. The largest absolute Gasteiger partial charge is 0.454 e. The second kappa shape index (κ2) is 7.14. The number of nitrogens with zero attached hydrogens (tertiary/aromatic N) is 1. The standard InChI is InChI=1S/C17H20N4O6/c1-17(6-10-3-4-11-12(5-10)27-9-26-11)15(24)21(16(25)20-17)8-14(23)19-7-13(22)18-2/h3-5H,6-9H2,1-2H3,(H,18,22)(H,19,23)(H,20,25)/t17-/m0/s1. The summed E-state index contributed by atoms with van der Waals surface area (Å²) in [6.45, 7) is 1.05. The van der Waals surface area contributed by atoms with Gasteiger partial charge < -0.3 is 25.4 Å². The van der Waals surface area contributed by atoms with Crippen LogP contribution in [-0.4, -0.2) is 61.1 Å². The molecule has 0 aliphatic carbocycles. The summed E-state index contributed by atoms with van der Waals surface area (Å²) in [5.41, 5.74) is -0.410. The Labute approximate surface area is 155 Å². The molecule has 0 saturated carbocycles. The molecule has 5 amide bonds. The molecule has 1 atom stereocenters. The molecule has 3 rings (SSSR count). The van der Waals surface area contributed by atoms with E-state index in [-0.39, 0.29) is 25.7 Å². The third kappa shape index (κ3) is 3.78. The molecule has 27 heavy (non-hydrogen) atoms. The van der Waals surface area contributed by atoms with Crippen molar-refractivity contribution in [3.8, 4) is 11.5 Å². The van der Waals surface area contributed by atoms with Crippen LogP contribution in [-0.2, 0) is 20.8 Å². The van der Waals surface area contributed by atoms with Gasteiger partial charge in [0.05, 0.1) is 6.54 Å². The molecular weight excluding hydrogens is 356 g/mol. The van der Waals surface area contributed by atoms with E-state index in [1.807, 2.05) is 0 Å². The Bertz CT molecular complexity index is 811. The van der Waals surface area contributed by atoms with E-state index in [4.69, 9.17) is 9.47 Å². The topological polar surface area (TPSA) is 126 Å². The highest BCUT2D eigenvalue weighted by Crippen LogP contribution is 2.34. The molecule has 2 aliphatic heterocycles. The molecule has 0 spiro atoms. The minimum Gasteiger partial charge on any atom is -0.454 e. The van der Waals surface area contributed by atoms with Crippen molar-refractivity contribution >= 4 is 23.8 Å². The SMILES string of the molecule is CNC(=O)CNC(=O)CN1C(=O)N[C@@](C)(Cc2ccc3c(c2)OCO3)C1=O. The minimum atomic E-state index is -1.19. The number of nitrogens with one attached hydrogen (secondary N) is 3. The van der Waals surface area contributed by atoms with E-state index in [0.717, 1.165) is 10.5 Å². The molecule has 0 radical (unpaired) electrons. The first-order valence-electron chi connectivity index (χ1n) is 8.32. The number of ether oxygens (including phenoxy) is 2. The van der Waals surface area contributed by atoms with Crippen molar-refractivity contribution in [1.82, 2.24) is 20.9 Å². The molecule has 10 heteroatoms. The zero-order valence-corrected chi connectivity index (χ0v) is 15.0. The number of fused-ring (bicyclic) bond motifs is 1. The fourth-order valence-corrected chi connectivity index (χ4v) is 2.94. The third-order valence-corrected chi connectivity index (χ3v) is 4.37. The summed E-state index contributed by atoms with van der Waals surface area (Å²) in [4.78, 5) is 48.8. The molecule has 1 aromatic carbocycles. The van der Waals surface area contributed by atoms with Gasteiger partial charge in [0.25, 0.3) is 5.91 Å². The van der Waals surface area contributed by atoms with Gasteiger partial charge in [0, 0.05) is 13.5 Å². The van der Waals surface area contributed by atoms with Crippen LogP contribution in [0.1, 0.15) is 12.5 Å². The van der Waals surface area contributed by atoms with Gasteiger partial charge in [0.1, 0.15) is 12.1 Å². The van der Waals surface area contributed by atoms with Crippen LogP contribution in [0.2, 0.25) is 0 Å². The fourth-order valence-electron chi connectivity index (χ4n) is 2.94. The monoisotopic (exact) mass is 376 g/mol. The number of benzene rings is 1. The van der Waals surface area contributed by atoms with Crippen LogP contribution >= 0.6 is 0 Å². The van der Waals surface area contributed by atoms with Crippen LogP contribution < -0.4 is 25.4 Å². The summed E-state index contributed by atoms with van der Waals surface area (Å²) >= 11 is 0. The zero-order chi connectivity index (χ0) is 19.6. The second-order valence-corrected chi connectivity index (χ2v) is 6.47. The Hall–Kier alpha value is -3.30. The number of likely N-dealkylation sites (N-methyl/N-ethyl adjacent to an activating group) is 1. The number of carbonyl (C=O) groups is 4. The van der Waals surface area contributed by atoms with E-state index in [1.54, 1.807) is 25.1 Å². The van der Waals surface area contributed by atoms with Gasteiger partial charge in [-0.25, -0.2) is 4.79 Å². The van der Waals surface area contributed by atoms with Crippen LogP contribution in [0.15, 0.2) is 18.2 Å². The van der Waals surface area contributed by atoms with Crippen molar-refractivity contribution < 1.29 is 28.7 Å². The molecule has 0 unspecified atom stereocenters. The molecule has 1 aromatic rings. The van der Waals surface area contributed by atoms with Crippen molar-refractivity contribution in [2.24, 2.45) is 0 Å². The number of urea groups is 1. The number of carbonyl (C=O) groups excluding carboxylic acids is 4. The first-order chi connectivity index (χ1) is 12.8. The summed E-state index contributed by atoms with van der Waals surface area (Å²) in [6.07, 6.45) is 0.227. The molecule has 0 aromatic heterocycles. The van der Waals surface area contributed by atoms with Crippen molar-refractivity contribution in [2.45, 2.75) is 18.9 Å². The van der Waals surface area contributed by atoms with Gasteiger partial charge in [-0.1, -0.05) is 6.07 Å². The van der Waals surface area contributed by atoms with Crippen molar-refractivity contribution in [3.63, 3.8) is 0 Å². The Morgan fingerprint density at radius 2 is 1.96 bits per heavy atom. The fraction of sp³-hybridized carbons (Fsp3) is 0.412. The lowest BCUT2D eigenvalue weighted by molar-refractivity contribution is -0.134. The lowest BCUT2D eigenvalue weighted by Crippen LogP contribution is -2.47. The lowest BCUT2D eigenvalue weighted by atomic mass is 9.92. The van der Waals surface area contributed by atoms with Gasteiger partial charge in [-0.15, -0.1) is 0 Å². The second-order valence-electron chi connectivity index (χ2n) is 6.47. The van der Waals surface area contributed by atoms with Crippen molar-refractivity contribution in [3.05, 3.63) is 23.8 Å². The first kappa shape index (κ1) is 18.5. The summed E-state index contributed by atoms with van der Waals surface area (Å²) in [5.74, 6) is -0.290. The van der Waals surface area contributed by atoms with Gasteiger partial charge in [-0.3, -0.25) is 19.3 Å². The van der Waals surface area contributed by atoms with Crippen molar-refractivity contribution in [2.75, 3.05) is 26.9 Å². The third-order valence-electron chi connectivity index (χ3n) is 4.37. The Morgan fingerprint density at radius 3 is 2.70 bits per heavy atom. The molecule has 1 saturated heterocycles. The predicted octanol–water partition coefficient (Wildman–Crippen LogP) is -0.869. The number of hydrogen-bond acceptors (Lipinski definition) is 6. The summed E-state index contributed by atoms with van der Waals surface area (Å²) in [6, 6.07) is 4.63. The maximum absolute atomic E-state index is 12.7. The van der Waals surface area contributed by atoms with Gasteiger partial charge in [0.15, 0.2) is 11.5 Å². The van der Waals surface area contributed by atoms with Crippen LogP contribution in [0.3, 0.4) is 0 Å². The molecule has 10 nitrogen and oxygen atoms in total. The molecule has 2 heterocycles. The molecule has 3 N–H and O–H groups in total. The highest BCUT2D eigenvalue weighted by Gasteiger charge is 2.48. The number of hydrogen-bond donors (Lipinski definition) is 3. The average molecular weight is 376 g/mol. The molecule has 1 fully saturated rings. The maximum Gasteiger partial charge on any atom is 0.325 e. The van der Waals surface area contributed by atoms with E-state index >= 15 is 0 Å². The van der Waals surface area contributed by atoms with Crippen molar-refractivity contribution in [1.29, 1.82) is 0 Å². The smallest absolute Gasteiger partial charge is 0.325 e. The van der Waals surface area contributed by atoms with Crippen LogP contribution in [0, 0.1) is 0 Å². The minimum absolute atomic E-state index is 0.144. The summed E-state index contributed by atoms with van der Waals surface area (Å²) < 4.78 is 10.6. The quantitative estimate of drug-likeness (QED) is 0.554.